The highest BCUT2D eigenvalue weighted by Gasteiger charge is 2.31. The Morgan fingerprint density at radius 2 is 1.46 bits per heavy atom. The summed E-state index contributed by atoms with van der Waals surface area (Å²) < 4.78 is 0. The van der Waals surface area contributed by atoms with Crippen LogP contribution in [0.2, 0.25) is 0 Å². The van der Waals surface area contributed by atoms with Crippen molar-refractivity contribution in [3.63, 3.8) is 0 Å². The molecule has 0 aliphatic heterocycles. The maximum Gasteiger partial charge on any atom is 0.326 e. The van der Waals surface area contributed by atoms with Gasteiger partial charge in [-0.2, -0.15) is 11.8 Å². The predicted octanol–water partition coefficient (Wildman–Crippen LogP) is -0.524. The van der Waals surface area contributed by atoms with Crippen LogP contribution in [0.1, 0.15) is 38.7 Å². The normalized spacial score (nSPS) is 14.2. The van der Waals surface area contributed by atoms with Gasteiger partial charge in [-0.3, -0.25) is 19.2 Å². The number of carboxylic acids is 1. The number of amides is 4. The smallest absolute Gasteiger partial charge is 0.326 e. The highest BCUT2D eigenvalue weighted by Crippen LogP contribution is 2.12. The van der Waals surface area contributed by atoms with Crippen LogP contribution in [0, 0.1) is 5.92 Å². The zero-order valence-corrected chi connectivity index (χ0v) is 22.0. The van der Waals surface area contributed by atoms with Gasteiger partial charge in [-0.05, 0) is 48.5 Å². The van der Waals surface area contributed by atoms with Gasteiger partial charge in [-0.1, -0.05) is 26.0 Å². The molecular formula is C24H37N5O7S. The van der Waals surface area contributed by atoms with Crippen LogP contribution < -0.4 is 27.4 Å². The summed E-state index contributed by atoms with van der Waals surface area (Å²) in [6.07, 6.45) is 1.82. The first-order valence-electron chi connectivity index (χ1n) is 11.8. The molecule has 0 radical (unpaired) electrons. The average molecular weight is 540 g/mol. The minimum Gasteiger partial charge on any atom is -0.508 e. The van der Waals surface area contributed by atoms with Gasteiger partial charge in [0.2, 0.25) is 23.6 Å². The summed E-state index contributed by atoms with van der Waals surface area (Å²) in [5.74, 6) is -3.77. The lowest BCUT2D eigenvalue weighted by Gasteiger charge is -2.25. The molecule has 9 N–H and O–H groups in total. The molecule has 4 amide bonds. The van der Waals surface area contributed by atoms with E-state index in [4.69, 9.17) is 11.5 Å². The summed E-state index contributed by atoms with van der Waals surface area (Å²) in [6.45, 7) is 3.68. The minimum absolute atomic E-state index is 0.00264. The van der Waals surface area contributed by atoms with E-state index in [1.54, 1.807) is 0 Å². The summed E-state index contributed by atoms with van der Waals surface area (Å²) >= 11 is 1.53. The number of carbonyl (C=O) groups is 5. The lowest BCUT2D eigenvalue weighted by molar-refractivity contribution is -0.142. The van der Waals surface area contributed by atoms with Crippen molar-refractivity contribution >= 4 is 41.4 Å². The summed E-state index contributed by atoms with van der Waals surface area (Å²) in [5.41, 5.74) is 11.7. The number of primary amides is 1. The topological polar surface area (TPSA) is 214 Å². The number of benzene rings is 1. The Labute approximate surface area is 220 Å². The summed E-state index contributed by atoms with van der Waals surface area (Å²) in [4.78, 5) is 61.8. The third-order valence-electron chi connectivity index (χ3n) is 5.34. The van der Waals surface area contributed by atoms with Crippen LogP contribution in [0.25, 0.3) is 0 Å². The molecule has 0 aromatic heterocycles. The van der Waals surface area contributed by atoms with Gasteiger partial charge in [0.15, 0.2) is 0 Å². The molecule has 1 aromatic rings. The molecule has 0 aliphatic rings. The van der Waals surface area contributed by atoms with E-state index < -0.39 is 60.2 Å². The van der Waals surface area contributed by atoms with Crippen LogP contribution in [0.5, 0.6) is 5.75 Å². The molecule has 1 aromatic carbocycles. The van der Waals surface area contributed by atoms with Crippen molar-refractivity contribution in [2.45, 2.75) is 63.7 Å². The van der Waals surface area contributed by atoms with Gasteiger partial charge < -0.3 is 37.6 Å². The molecule has 0 bridgehead atoms. The quantitative estimate of drug-likeness (QED) is 0.144. The van der Waals surface area contributed by atoms with E-state index in [0.717, 1.165) is 0 Å². The summed E-state index contributed by atoms with van der Waals surface area (Å²) in [5, 5.41) is 26.3. The highest BCUT2D eigenvalue weighted by molar-refractivity contribution is 7.98. The molecule has 0 fully saturated rings. The van der Waals surface area contributed by atoms with Gasteiger partial charge in [0.05, 0.1) is 12.5 Å². The Morgan fingerprint density at radius 3 is 1.97 bits per heavy atom. The third-order valence-corrected chi connectivity index (χ3v) is 5.98. The van der Waals surface area contributed by atoms with Gasteiger partial charge in [0.1, 0.15) is 23.9 Å². The predicted molar refractivity (Wildman–Crippen MR) is 139 cm³/mol. The Bertz CT molecular complexity index is 942. The van der Waals surface area contributed by atoms with Crippen LogP contribution in [-0.4, -0.2) is 76.0 Å². The standard InChI is InChI=1S/C24H37N5O7S/c1-13(2)10-17(27-21(32)16(25)8-9-37-3)22(33)28-18(12-20(26)31)23(34)29-19(24(35)36)11-14-4-6-15(30)7-5-14/h4-7,13,16-19,30H,8-12,25H2,1-3H3,(H2,26,31)(H,27,32)(H,28,33)(H,29,34)(H,35,36). The van der Waals surface area contributed by atoms with Gasteiger partial charge >= 0.3 is 5.97 Å². The molecule has 1 rings (SSSR count). The zero-order valence-electron chi connectivity index (χ0n) is 21.2. The van der Waals surface area contributed by atoms with Crippen molar-refractivity contribution in [3.05, 3.63) is 29.8 Å². The maximum atomic E-state index is 13.0. The fraction of sp³-hybridized carbons (Fsp3) is 0.542. The number of nitrogens with one attached hydrogen (secondary N) is 3. The molecule has 4 atom stereocenters. The Kier molecular flexibility index (Phi) is 13.5. The fourth-order valence-corrected chi connectivity index (χ4v) is 3.87. The van der Waals surface area contributed by atoms with E-state index in [2.05, 4.69) is 16.0 Å². The van der Waals surface area contributed by atoms with Crippen LogP contribution in [0.15, 0.2) is 24.3 Å². The second-order valence-electron chi connectivity index (χ2n) is 9.08. The average Bonchev–Trinajstić information content (AvgIpc) is 2.81. The number of phenolic OH excluding ortho intramolecular Hbond substituents is 1. The molecule has 0 aliphatic carbocycles. The van der Waals surface area contributed by atoms with E-state index in [-0.39, 0.29) is 24.5 Å². The molecule has 0 saturated heterocycles. The first-order chi connectivity index (χ1) is 17.3. The van der Waals surface area contributed by atoms with Crippen molar-refractivity contribution in [3.8, 4) is 5.75 Å². The Balaban J connectivity index is 3.00. The van der Waals surface area contributed by atoms with Crippen LogP contribution >= 0.6 is 11.8 Å². The van der Waals surface area contributed by atoms with Crippen molar-refractivity contribution in [1.82, 2.24) is 16.0 Å². The summed E-state index contributed by atoms with van der Waals surface area (Å²) in [7, 11) is 0. The third kappa shape index (κ3) is 12.0. The van der Waals surface area contributed by atoms with E-state index in [1.807, 2.05) is 20.1 Å². The number of aromatic hydroxyl groups is 1. The first kappa shape index (κ1) is 31.7. The molecule has 0 saturated carbocycles. The number of carbonyl (C=O) groups excluding carboxylic acids is 4. The van der Waals surface area contributed by atoms with Crippen LogP contribution in [0.3, 0.4) is 0 Å². The van der Waals surface area contributed by atoms with Crippen LogP contribution in [-0.2, 0) is 30.4 Å². The lowest BCUT2D eigenvalue weighted by atomic mass is 10.0. The number of phenols is 1. The van der Waals surface area contributed by atoms with Crippen molar-refractivity contribution in [2.75, 3.05) is 12.0 Å². The SMILES string of the molecule is CSCCC(N)C(=O)NC(CC(C)C)C(=O)NC(CC(N)=O)C(=O)NC(Cc1ccc(O)cc1)C(=O)O. The van der Waals surface area contributed by atoms with Gasteiger partial charge in [0.25, 0.3) is 0 Å². The first-order valence-corrected chi connectivity index (χ1v) is 13.2. The van der Waals surface area contributed by atoms with Crippen molar-refractivity contribution in [1.29, 1.82) is 0 Å². The van der Waals surface area contributed by atoms with E-state index in [0.29, 0.717) is 17.7 Å². The number of thioether (sulfide) groups is 1. The second-order valence-corrected chi connectivity index (χ2v) is 10.1. The molecule has 37 heavy (non-hydrogen) atoms. The number of aliphatic carboxylic acids is 1. The van der Waals surface area contributed by atoms with Crippen molar-refractivity contribution < 1.29 is 34.2 Å². The molecular weight excluding hydrogens is 502 g/mol. The van der Waals surface area contributed by atoms with Gasteiger partial charge in [-0.15, -0.1) is 0 Å². The number of hydrogen-bond donors (Lipinski definition) is 7. The highest BCUT2D eigenvalue weighted by atomic mass is 32.2. The largest absolute Gasteiger partial charge is 0.508 e. The number of nitrogens with two attached hydrogens (primary N) is 2. The number of hydrogen-bond acceptors (Lipinski definition) is 8. The van der Waals surface area contributed by atoms with Gasteiger partial charge in [-0.25, -0.2) is 4.79 Å². The fourth-order valence-electron chi connectivity index (χ4n) is 3.38. The monoisotopic (exact) mass is 539 g/mol. The molecule has 13 heteroatoms. The second kappa shape index (κ2) is 15.7. The molecule has 12 nitrogen and oxygen atoms in total. The zero-order chi connectivity index (χ0) is 28.1. The molecule has 0 heterocycles. The van der Waals surface area contributed by atoms with Gasteiger partial charge in [0, 0.05) is 6.42 Å². The molecule has 4 unspecified atom stereocenters. The molecule has 0 spiro atoms. The molecule has 206 valence electrons. The Hall–Kier alpha value is -3.32. The number of rotatable bonds is 16. The van der Waals surface area contributed by atoms with E-state index in [1.165, 1.54) is 36.0 Å². The minimum atomic E-state index is -1.47. The lowest BCUT2D eigenvalue weighted by Crippen LogP contribution is -2.58. The van der Waals surface area contributed by atoms with E-state index in [9.17, 15) is 34.2 Å². The number of carboxylic acid groups (broad SMARTS) is 1. The van der Waals surface area contributed by atoms with Crippen molar-refractivity contribution in [2.24, 2.45) is 17.4 Å². The Morgan fingerprint density at radius 1 is 0.919 bits per heavy atom. The summed E-state index contributed by atoms with van der Waals surface area (Å²) in [6, 6.07) is 1.05. The van der Waals surface area contributed by atoms with E-state index >= 15 is 0 Å². The maximum absolute atomic E-state index is 13.0. The van der Waals surface area contributed by atoms with Crippen LogP contribution in [0.4, 0.5) is 0 Å².